The Kier molecular flexibility index (Phi) is 8.05. The third-order valence-electron chi connectivity index (χ3n) is 5.77. The molecule has 10 heteroatoms. The molecule has 1 fully saturated rings. The second-order valence-corrected chi connectivity index (χ2v) is 9.64. The van der Waals surface area contributed by atoms with Gasteiger partial charge in [-0.1, -0.05) is 52.5 Å². The Bertz CT molecular complexity index is 1160. The zero-order valence-corrected chi connectivity index (χ0v) is 21.1. The van der Waals surface area contributed by atoms with Crippen LogP contribution < -0.4 is 5.32 Å². The summed E-state index contributed by atoms with van der Waals surface area (Å²) in [6.45, 7) is 6.39. The molecule has 1 amide bonds. The SMILES string of the molecule is CC(C(=O)NCCN1CCOCC1)n1c(Cc2ccc(Cl)cc2Cl)nc2cc(Cl)c(Cl)cc21. The van der Waals surface area contributed by atoms with Crippen LogP contribution in [0.3, 0.4) is 0 Å². The van der Waals surface area contributed by atoms with Crippen LogP contribution in [0.1, 0.15) is 24.4 Å². The highest BCUT2D eigenvalue weighted by Gasteiger charge is 2.23. The smallest absolute Gasteiger partial charge is 0.242 e. The number of imidazole rings is 1. The van der Waals surface area contributed by atoms with Gasteiger partial charge in [0.25, 0.3) is 0 Å². The number of carbonyl (C=O) groups is 1. The van der Waals surface area contributed by atoms with Gasteiger partial charge in [0, 0.05) is 42.6 Å². The lowest BCUT2D eigenvalue weighted by Gasteiger charge is -2.26. The second kappa shape index (κ2) is 10.8. The van der Waals surface area contributed by atoms with Crippen LogP contribution in [0, 0.1) is 0 Å². The van der Waals surface area contributed by atoms with E-state index in [1.54, 1.807) is 24.3 Å². The quantitative estimate of drug-likeness (QED) is 0.454. The van der Waals surface area contributed by atoms with E-state index in [1.807, 2.05) is 17.6 Å². The molecule has 1 unspecified atom stereocenters. The molecule has 0 spiro atoms. The number of morpholine rings is 1. The van der Waals surface area contributed by atoms with E-state index in [0.717, 1.165) is 43.9 Å². The molecular weight excluding hydrogens is 506 g/mol. The minimum absolute atomic E-state index is 0.0999. The third kappa shape index (κ3) is 5.76. The van der Waals surface area contributed by atoms with E-state index in [1.165, 1.54) is 0 Å². The van der Waals surface area contributed by atoms with E-state index in [9.17, 15) is 4.79 Å². The van der Waals surface area contributed by atoms with Gasteiger partial charge >= 0.3 is 0 Å². The van der Waals surface area contributed by atoms with Gasteiger partial charge < -0.3 is 14.6 Å². The number of nitrogens with zero attached hydrogens (tertiary/aromatic N) is 3. The van der Waals surface area contributed by atoms with Gasteiger partial charge in [0.05, 0.1) is 34.3 Å². The summed E-state index contributed by atoms with van der Waals surface area (Å²) in [7, 11) is 0. The number of ether oxygens (including phenoxy) is 1. The third-order valence-corrected chi connectivity index (χ3v) is 7.08. The Balaban J connectivity index is 1.60. The van der Waals surface area contributed by atoms with Crippen LogP contribution in [0.25, 0.3) is 11.0 Å². The monoisotopic (exact) mass is 528 g/mol. The summed E-state index contributed by atoms with van der Waals surface area (Å²) < 4.78 is 7.27. The van der Waals surface area contributed by atoms with Crippen LogP contribution >= 0.6 is 46.4 Å². The molecule has 6 nitrogen and oxygen atoms in total. The molecule has 0 saturated carbocycles. The van der Waals surface area contributed by atoms with Crippen LogP contribution in [-0.2, 0) is 16.0 Å². The van der Waals surface area contributed by atoms with Crippen molar-refractivity contribution in [3.8, 4) is 0 Å². The standard InChI is InChI=1S/C23H24Cl4N4O2/c1-14(23(32)28-4-5-30-6-8-33-9-7-30)31-21-13-19(27)18(26)12-20(21)29-22(31)10-15-2-3-16(24)11-17(15)25/h2-3,11-14H,4-10H2,1H3,(H,28,32). The van der Waals surface area contributed by atoms with Crippen LogP contribution in [0.15, 0.2) is 30.3 Å². The average Bonchev–Trinajstić information content (AvgIpc) is 3.12. The Morgan fingerprint density at radius 3 is 2.55 bits per heavy atom. The van der Waals surface area contributed by atoms with Crippen LogP contribution in [0.2, 0.25) is 20.1 Å². The number of amides is 1. The fourth-order valence-electron chi connectivity index (χ4n) is 3.96. The molecule has 1 aliphatic rings. The number of nitrogens with one attached hydrogen (secondary N) is 1. The molecule has 1 saturated heterocycles. The predicted octanol–water partition coefficient (Wildman–Crippen LogP) is 5.25. The van der Waals surface area contributed by atoms with Crippen molar-refractivity contribution in [3.63, 3.8) is 0 Å². The highest BCUT2D eigenvalue weighted by Crippen LogP contribution is 2.32. The number of fused-ring (bicyclic) bond motifs is 1. The topological polar surface area (TPSA) is 59.4 Å². The molecule has 176 valence electrons. The molecule has 0 aliphatic carbocycles. The lowest BCUT2D eigenvalue weighted by Crippen LogP contribution is -2.42. The number of carbonyl (C=O) groups excluding carboxylic acids is 1. The Hall–Kier alpha value is -1.54. The molecule has 0 bridgehead atoms. The molecule has 1 N–H and O–H groups in total. The number of rotatable bonds is 7. The maximum Gasteiger partial charge on any atom is 0.242 e. The summed E-state index contributed by atoms with van der Waals surface area (Å²) in [4.78, 5) is 20.1. The minimum atomic E-state index is -0.516. The first-order valence-corrected chi connectivity index (χ1v) is 12.2. The number of halogens is 4. The van der Waals surface area contributed by atoms with Gasteiger partial charge in [0.15, 0.2) is 0 Å². The van der Waals surface area contributed by atoms with Gasteiger partial charge in [-0.2, -0.15) is 0 Å². The summed E-state index contributed by atoms with van der Waals surface area (Å²) in [6, 6.07) is 8.29. The van der Waals surface area contributed by atoms with Crippen LogP contribution in [0.4, 0.5) is 0 Å². The zero-order valence-electron chi connectivity index (χ0n) is 18.1. The molecule has 33 heavy (non-hydrogen) atoms. The van der Waals surface area contributed by atoms with Crippen molar-refractivity contribution in [1.29, 1.82) is 0 Å². The van der Waals surface area contributed by atoms with Crippen molar-refractivity contribution in [3.05, 3.63) is 61.8 Å². The average molecular weight is 530 g/mol. The Labute approximate surface area is 212 Å². The van der Waals surface area contributed by atoms with Crippen molar-refractivity contribution in [2.24, 2.45) is 0 Å². The van der Waals surface area contributed by atoms with Crippen LogP contribution in [-0.4, -0.2) is 59.8 Å². The lowest BCUT2D eigenvalue weighted by atomic mass is 10.1. The van der Waals surface area contributed by atoms with Gasteiger partial charge in [-0.25, -0.2) is 4.98 Å². The van der Waals surface area contributed by atoms with Gasteiger partial charge in [-0.15, -0.1) is 0 Å². The molecule has 1 aliphatic heterocycles. The maximum absolute atomic E-state index is 13.1. The highest BCUT2D eigenvalue weighted by molar-refractivity contribution is 6.42. The summed E-state index contributed by atoms with van der Waals surface area (Å²) in [5.74, 6) is 0.584. The molecule has 1 aromatic heterocycles. The summed E-state index contributed by atoms with van der Waals surface area (Å²) in [6.07, 6.45) is 0.422. The zero-order chi connectivity index (χ0) is 23.5. The Morgan fingerprint density at radius 2 is 1.82 bits per heavy atom. The van der Waals surface area contributed by atoms with Crippen molar-refractivity contribution in [1.82, 2.24) is 19.8 Å². The largest absolute Gasteiger partial charge is 0.379 e. The molecule has 3 aromatic rings. The van der Waals surface area contributed by atoms with Gasteiger partial charge in [0.2, 0.25) is 5.91 Å². The molecule has 2 heterocycles. The van der Waals surface area contributed by atoms with Crippen molar-refractivity contribution < 1.29 is 9.53 Å². The van der Waals surface area contributed by atoms with E-state index >= 15 is 0 Å². The fourth-order valence-corrected chi connectivity index (χ4v) is 4.75. The molecular formula is C23H24Cl4N4O2. The van der Waals surface area contributed by atoms with Gasteiger partial charge in [-0.05, 0) is 36.8 Å². The van der Waals surface area contributed by atoms with E-state index < -0.39 is 6.04 Å². The normalized spacial score (nSPS) is 15.7. The lowest BCUT2D eigenvalue weighted by molar-refractivity contribution is -0.123. The summed E-state index contributed by atoms with van der Waals surface area (Å²) >= 11 is 25.0. The van der Waals surface area contributed by atoms with Gasteiger partial charge in [0.1, 0.15) is 11.9 Å². The first kappa shape index (κ1) is 24.6. The molecule has 1 atom stereocenters. The molecule has 0 radical (unpaired) electrons. The van der Waals surface area contributed by atoms with Crippen molar-refractivity contribution >= 4 is 63.3 Å². The van der Waals surface area contributed by atoms with Crippen molar-refractivity contribution in [2.75, 3.05) is 39.4 Å². The fraction of sp³-hybridized carbons (Fsp3) is 0.391. The first-order valence-electron chi connectivity index (χ1n) is 10.7. The Morgan fingerprint density at radius 1 is 1.09 bits per heavy atom. The number of aromatic nitrogens is 2. The van der Waals surface area contributed by atoms with Crippen molar-refractivity contribution in [2.45, 2.75) is 19.4 Å². The molecule has 4 rings (SSSR count). The van der Waals surface area contributed by atoms with E-state index in [2.05, 4.69) is 10.2 Å². The molecule has 2 aromatic carbocycles. The van der Waals surface area contributed by atoms with Crippen LogP contribution in [0.5, 0.6) is 0 Å². The minimum Gasteiger partial charge on any atom is -0.379 e. The first-order chi connectivity index (χ1) is 15.8. The number of hydrogen-bond acceptors (Lipinski definition) is 4. The number of benzene rings is 2. The maximum atomic E-state index is 13.1. The highest BCUT2D eigenvalue weighted by atomic mass is 35.5. The summed E-state index contributed by atoms with van der Waals surface area (Å²) in [5, 5.41) is 4.96. The number of hydrogen-bond donors (Lipinski definition) is 1. The van der Waals surface area contributed by atoms with E-state index in [4.69, 9.17) is 56.1 Å². The van der Waals surface area contributed by atoms with E-state index in [0.29, 0.717) is 44.4 Å². The summed E-state index contributed by atoms with van der Waals surface area (Å²) in [5.41, 5.74) is 2.26. The predicted molar refractivity (Wildman–Crippen MR) is 134 cm³/mol. The second-order valence-electron chi connectivity index (χ2n) is 7.99. The van der Waals surface area contributed by atoms with Gasteiger partial charge in [-0.3, -0.25) is 9.69 Å². The van der Waals surface area contributed by atoms with E-state index in [-0.39, 0.29) is 5.91 Å².